The number of thiocarbonyl (C=S) groups is 1. The first-order valence-electron chi connectivity index (χ1n) is 6.55. The van der Waals surface area contributed by atoms with Crippen molar-refractivity contribution in [2.24, 2.45) is 5.73 Å². The highest BCUT2D eigenvalue weighted by Crippen LogP contribution is 2.27. The van der Waals surface area contributed by atoms with Crippen LogP contribution in [0, 0.1) is 0 Å². The molecule has 0 aliphatic heterocycles. The summed E-state index contributed by atoms with van der Waals surface area (Å²) in [6, 6.07) is 0.305. The maximum Gasteiger partial charge on any atom is 0.150 e. The van der Waals surface area contributed by atoms with Crippen molar-refractivity contribution >= 4 is 27.0 Å². The average Bonchev–Trinajstić information content (AvgIpc) is 2.27. The maximum atomic E-state index is 11.7. The first-order chi connectivity index (χ1) is 8.34. The van der Waals surface area contributed by atoms with E-state index >= 15 is 0 Å². The maximum absolute atomic E-state index is 11.7. The Hall–Kier alpha value is -0.200. The molecule has 1 rings (SSSR count). The Balaban J connectivity index is 2.70. The summed E-state index contributed by atoms with van der Waals surface area (Å²) in [5.41, 5.74) is 5.62. The Morgan fingerprint density at radius 3 is 2.61 bits per heavy atom. The first kappa shape index (κ1) is 15.9. The van der Waals surface area contributed by atoms with Crippen LogP contribution < -0.4 is 5.73 Å². The van der Waals surface area contributed by atoms with Gasteiger partial charge in [0.15, 0.2) is 0 Å². The van der Waals surface area contributed by atoms with Gasteiger partial charge in [0.2, 0.25) is 0 Å². The van der Waals surface area contributed by atoms with Gasteiger partial charge in [-0.3, -0.25) is 4.90 Å². The Morgan fingerprint density at radius 2 is 2.11 bits per heavy atom. The van der Waals surface area contributed by atoms with Gasteiger partial charge in [0, 0.05) is 18.8 Å². The summed E-state index contributed by atoms with van der Waals surface area (Å²) in [5.74, 6) is 0. The van der Waals surface area contributed by atoms with Crippen molar-refractivity contribution < 1.29 is 8.42 Å². The molecular weight excluding hydrogens is 268 g/mol. The standard InChI is InChI=1S/C12H24N2O2S2/c1-3-7-14(9-12(13)17)10-5-4-6-11(8-10)18(2,15)16/h10-11H,3-9H2,1-2H3,(H2,13,17). The molecule has 2 N–H and O–H groups in total. The van der Waals surface area contributed by atoms with Crippen LogP contribution in [0.2, 0.25) is 0 Å². The molecule has 6 heteroatoms. The van der Waals surface area contributed by atoms with Gasteiger partial charge in [-0.15, -0.1) is 0 Å². The molecular formula is C12H24N2O2S2. The number of nitrogens with zero attached hydrogens (tertiary/aromatic N) is 1. The summed E-state index contributed by atoms with van der Waals surface area (Å²) < 4.78 is 23.3. The van der Waals surface area contributed by atoms with Gasteiger partial charge in [0.25, 0.3) is 0 Å². The summed E-state index contributed by atoms with van der Waals surface area (Å²) >= 11 is 4.98. The van der Waals surface area contributed by atoms with Crippen LogP contribution in [-0.4, -0.2) is 48.9 Å². The van der Waals surface area contributed by atoms with Crippen molar-refractivity contribution in [2.45, 2.75) is 50.3 Å². The van der Waals surface area contributed by atoms with Crippen LogP contribution >= 0.6 is 12.2 Å². The van der Waals surface area contributed by atoms with Crippen LogP contribution in [0.5, 0.6) is 0 Å². The molecule has 0 amide bonds. The van der Waals surface area contributed by atoms with Crippen LogP contribution in [0.15, 0.2) is 0 Å². The van der Waals surface area contributed by atoms with Crippen molar-refractivity contribution in [1.29, 1.82) is 0 Å². The van der Waals surface area contributed by atoms with E-state index < -0.39 is 9.84 Å². The predicted molar refractivity (Wildman–Crippen MR) is 79.5 cm³/mol. The lowest BCUT2D eigenvalue weighted by Gasteiger charge is -2.36. The van der Waals surface area contributed by atoms with E-state index in [2.05, 4.69) is 11.8 Å². The van der Waals surface area contributed by atoms with E-state index in [-0.39, 0.29) is 5.25 Å². The molecule has 0 radical (unpaired) electrons. The van der Waals surface area contributed by atoms with E-state index in [1.165, 1.54) is 6.26 Å². The first-order valence-corrected chi connectivity index (χ1v) is 8.92. The van der Waals surface area contributed by atoms with Gasteiger partial charge in [-0.1, -0.05) is 25.6 Å². The molecule has 4 nitrogen and oxygen atoms in total. The second-order valence-corrected chi connectivity index (χ2v) is 8.06. The van der Waals surface area contributed by atoms with Gasteiger partial charge in [0.1, 0.15) is 9.84 Å². The van der Waals surface area contributed by atoms with E-state index in [1.54, 1.807) is 0 Å². The number of sulfone groups is 1. The van der Waals surface area contributed by atoms with Crippen molar-refractivity contribution in [2.75, 3.05) is 19.3 Å². The minimum atomic E-state index is -2.93. The molecule has 1 fully saturated rings. The van der Waals surface area contributed by atoms with Crippen molar-refractivity contribution in [3.63, 3.8) is 0 Å². The Bertz CT molecular complexity index is 382. The Labute approximate surface area is 116 Å². The zero-order chi connectivity index (χ0) is 13.8. The fourth-order valence-electron chi connectivity index (χ4n) is 2.72. The molecule has 18 heavy (non-hydrogen) atoms. The molecule has 1 aliphatic carbocycles. The Morgan fingerprint density at radius 1 is 1.44 bits per heavy atom. The Kier molecular flexibility index (Phi) is 6.01. The number of nitrogens with two attached hydrogens (primary N) is 1. The number of rotatable bonds is 6. The molecule has 0 spiro atoms. The highest BCUT2D eigenvalue weighted by Gasteiger charge is 2.31. The lowest BCUT2D eigenvalue weighted by Crippen LogP contribution is -2.45. The summed E-state index contributed by atoms with van der Waals surface area (Å²) in [4.78, 5) is 2.74. The van der Waals surface area contributed by atoms with Crippen LogP contribution in [-0.2, 0) is 9.84 Å². The highest BCUT2D eigenvalue weighted by atomic mass is 32.2. The van der Waals surface area contributed by atoms with E-state index in [9.17, 15) is 8.42 Å². The minimum absolute atomic E-state index is 0.193. The normalized spacial score (nSPS) is 25.3. The molecule has 0 aromatic carbocycles. The molecule has 0 bridgehead atoms. The summed E-state index contributed by atoms with van der Waals surface area (Å²) in [7, 11) is -2.93. The van der Waals surface area contributed by atoms with Crippen LogP contribution in [0.25, 0.3) is 0 Å². The molecule has 2 atom stereocenters. The molecule has 0 aromatic rings. The molecule has 0 saturated heterocycles. The van der Waals surface area contributed by atoms with Crippen LogP contribution in [0.4, 0.5) is 0 Å². The predicted octanol–water partition coefficient (Wildman–Crippen LogP) is 1.34. The van der Waals surface area contributed by atoms with Gasteiger partial charge in [-0.05, 0) is 32.2 Å². The smallest absolute Gasteiger partial charge is 0.150 e. The fraction of sp³-hybridized carbons (Fsp3) is 0.917. The zero-order valence-corrected chi connectivity index (χ0v) is 12.9. The third-order valence-corrected chi connectivity index (χ3v) is 5.36. The van der Waals surface area contributed by atoms with Crippen molar-refractivity contribution in [3.8, 4) is 0 Å². The molecule has 1 saturated carbocycles. The summed E-state index contributed by atoms with van der Waals surface area (Å²) in [6.07, 6.45) is 5.92. The topological polar surface area (TPSA) is 63.4 Å². The lowest BCUT2D eigenvalue weighted by atomic mass is 9.93. The van der Waals surface area contributed by atoms with Gasteiger partial charge < -0.3 is 5.73 Å². The van der Waals surface area contributed by atoms with Gasteiger partial charge in [0.05, 0.1) is 10.2 Å². The second kappa shape index (κ2) is 6.82. The van der Waals surface area contributed by atoms with E-state index in [1.807, 2.05) is 0 Å². The third-order valence-electron chi connectivity index (χ3n) is 3.59. The minimum Gasteiger partial charge on any atom is -0.392 e. The molecule has 0 aromatic heterocycles. The summed E-state index contributed by atoms with van der Waals surface area (Å²) in [5, 5.41) is -0.193. The van der Waals surface area contributed by atoms with E-state index in [0.29, 0.717) is 17.6 Å². The van der Waals surface area contributed by atoms with Crippen LogP contribution in [0.1, 0.15) is 39.0 Å². The van der Waals surface area contributed by atoms with Gasteiger partial charge in [-0.2, -0.15) is 0 Å². The fourth-order valence-corrected chi connectivity index (χ4v) is 4.05. The quantitative estimate of drug-likeness (QED) is 0.749. The van der Waals surface area contributed by atoms with Crippen molar-refractivity contribution in [1.82, 2.24) is 4.90 Å². The SMILES string of the molecule is CCCN(CC(N)=S)C1CCCC(S(C)(=O)=O)C1. The number of hydrogen-bond donors (Lipinski definition) is 1. The zero-order valence-electron chi connectivity index (χ0n) is 11.3. The monoisotopic (exact) mass is 292 g/mol. The second-order valence-electron chi connectivity index (χ2n) is 5.21. The largest absolute Gasteiger partial charge is 0.392 e. The van der Waals surface area contributed by atoms with Gasteiger partial charge in [-0.25, -0.2) is 8.42 Å². The third kappa shape index (κ3) is 4.82. The number of hydrogen-bond acceptors (Lipinski definition) is 4. The van der Waals surface area contributed by atoms with Gasteiger partial charge >= 0.3 is 0 Å². The van der Waals surface area contributed by atoms with E-state index in [4.69, 9.17) is 18.0 Å². The molecule has 1 aliphatic rings. The average molecular weight is 292 g/mol. The molecule has 2 unspecified atom stereocenters. The van der Waals surface area contributed by atoms with Crippen LogP contribution in [0.3, 0.4) is 0 Å². The summed E-state index contributed by atoms with van der Waals surface area (Å²) in [6.45, 7) is 3.65. The van der Waals surface area contributed by atoms with E-state index in [0.717, 1.165) is 38.6 Å². The molecule has 0 heterocycles. The highest BCUT2D eigenvalue weighted by molar-refractivity contribution is 7.91. The van der Waals surface area contributed by atoms with Crippen molar-refractivity contribution in [3.05, 3.63) is 0 Å². The lowest BCUT2D eigenvalue weighted by molar-refractivity contribution is 0.179. The molecule has 106 valence electrons.